The van der Waals surface area contributed by atoms with Crippen molar-refractivity contribution in [2.24, 2.45) is 7.05 Å². The third-order valence-corrected chi connectivity index (χ3v) is 4.78. The molecule has 1 aliphatic rings. The molecule has 140 valence electrons. The van der Waals surface area contributed by atoms with E-state index in [0.717, 1.165) is 43.5 Å². The number of amides is 2. The third kappa shape index (κ3) is 4.03. The van der Waals surface area contributed by atoms with Crippen molar-refractivity contribution >= 4 is 11.8 Å². The lowest BCUT2D eigenvalue weighted by atomic mass is 9.90. The molecule has 0 spiro atoms. The Morgan fingerprint density at radius 1 is 1.35 bits per heavy atom. The number of benzene rings is 1. The van der Waals surface area contributed by atoms with Crippen molar-refractivity contribution in [3.8, 4) is 0 Å². The maximum Gasteiger partial charge on any atom is 0.323 e. The number of nitrogens with one attached hydrogen (secondary N) is 1. The van der Waals surface area contributed by atoms with Crippen molar-refractivity contribution in [1.29, 1.82) is 0 Å². The highest BCUT2D eigenvalue weighted by atomic mass is 19.1. The Morgan fingerprint density at radius 3 is 2.92 bits per heavy atom. The number of anilines is 1. The van der Waals surface area contributed by atoms with E-state index in [1.165, 1.54) is 6.07 Å². The van der Waals surface area contributed by atoms with Gasteiger partial charge in [0.25, 0.3) is 0 Å². The molecule has 0 aliphatic carbocycles. The number of rotatable bonds is 4. The number of carbonyl (C=O) groups is 1. The lowest BCUT2D eigenvalue weighted by Gasteiger charge is -2.33. The lowest BCUT2D eigenvalue weighted by Crippen LogP contribution is -2.42. The van der Waals surface area contributed by atoms with Gasteiger partial charge < -0.3 is 4.90 Å². The average Bonchev–Trinajstić information content (AvgIpc) is 2.96. The van der Waals surface area contributed by atoms with Crippen LogP contribution < -0.4 is 5.32 Å². The lowest BCUT2D eigenvalue weighted by molar-refractivity contribution is 0.192. The highest BCUT2D eigenvalue weighted by molar-refractivity contribution is 5.88. The van der Waals surface area contributed by atoms with Crippen LogP contribution in [-0.2, 0) is 13.5 Å². The summed E-state index contributed by atoms with van der Waals surface area (Å²) < 4.78 is 29.2. The predicted molar refractivity (Wildman–Crippen MR) is 96.1 cm³/mol. The topological polar surface area (TPSA) is 50.2 Å². The van der Waals surface area contributed by atoms with E-state index in [2.05, 4.69) is 17.3 Å². The fourth-order valence-electron chi connectivity index (χ4n) is 3.45. The van der Waals surface area contributed by atoms with Crippen LogP contribution in [0.3, 0.4) is 0 Å². The molecule has 1 atom stereocenters. The van der Waals surface area contributed by atoms with Gasteiger partial charge in [-0.25, -0.2) is 13.6 Å². The van der Waals surface area contributed by atoms with Gasteiger partial charge in [-0.3, -0.25) is 10.00 Å². The number of nitrogens with zero attached hydrogens (tertiary/aromatic N) is 3. The van der Waals surface area contributed by atoms with Gasteiger partial charge in [0.1, 0.15) is 17.5 Å². The Labute approximate surface area is 152 Å². The Hall–Kier alpha value is -2.44. The molecule has 0 unspecified atom stereocenters. The Kier molecular flexibility index (Phi) is 5.54. The van der Waals surface area contributed by atoms with Gasteiger partial charge in [0.15, 0.2) is 0 Å². The standard InChI is InChI=1S/C19H24F2N4O/c1-3-5-15-11-18(24(2)23-15)22-19(26)25-9-4-6-13(12-25)16-10-14(20)7-8-17(16)21/h7-8,10-11,13H,3-6,9,12H2,1-2H3,(H,22,26)/t13-/m1/s1. The molecule has 2 amide bonds. The van der Waals surface area contributed by atoms with Crippen LogP contribution in [0.1, 0.15) is 43.4 Å². The molecule has 5 nitrogen and oxygen atoms in total. The van der Waals surface area contributed by atoms with Crippen LogP contribution in [0, 0.1) is 11.6 Å². The molecule has 1 aromatic carbocycles. The molecule has 0 radical (unpaired) electrons. The van der Waals surface area contributed by atoms with Crippen molar-refractivity contribution in [2.75, 3.05) is 18.4 Å². The maximum absolute atomic E-state index is 14.1. The molecule has 1 fully saturated rings. The second-order valence-corrected chi connectivity index (χ2v) is 6.78. The van der Waals surface area contributed by atoms with E-state index in [0.29, 0.717) is 24.5 Å². The largest absolute Gasteiger partial charge is 0.324 e. The maximum atomic E-state index is 14.1. The van der Waals surface area contributed by atoms with Crippen molar-refractivity contribution in [3.63, 3.8) is 0 Å². The van der Waals surface area contributed by atoms with Crippen molar-refractivity contribution in [3.05, 3.63) is 47.2 Å². The van der Waals surface area contributed by atoms with Crippen LogP contribution in [0.5, 0.6) is 0 Å². The van der Waals surface area contributed by atoms with Crippen LogP contribution >= 0.6 is 0 Å². The van der Waals surface area contributed by atoms with E-state index < -0.39 is 11.6 Å². The Morgan fingerprint density at radius 2 is 2.15 bits per heavy atom. The van der Waals surface area contributed by atoms with Crippen LogP contribution in [0.15, 0.2) is 24.3 Å². The number of aryl methyl sites for hydroxylation is 2. The summed E-state index contributed by atoms with van der Waals surface area (Å²) in [5.74, 6) is -0.444. The first-order valence-electron chi connectivity index (χ1n) is 9.01. The molecule has 3 rings (SSSR count). The van der Waals surface area contributed by atoms with Crippen LogP contribution in [0.4, 0.5) is 19.4 Å². The molecule has 0 bridgehead atoms. The van der Waals surface area contributed by atoms with Crippen molar-refractivity contribution < 1.29 is 13.6 Å². The van der Waals surface area contributed by atoms with E-state index in [1.54, 1.807) is 16.6 Å². The number of piperidine rings is 1. The van der Waals surface area contributed by atoms with Crippen LogP contribution in [0.2, 0.25) is 0 Å². The Bertz CT molecular complexity index is 790. The number of hydrogen-bond donors (Lipinski definition) is 1. The molecule has 0 saturated carbocycles. The molecule has 1 N–H and O–H groups in total. The number of halogens is 2. The molecule has 1 aliphatic heterocycles. The quantitative estimate of drug-likeness (QED) is 0.892. The van der Waals surface area contributed by atoms with Gasteiger partial charge in [0.05, 0.1) is 5.69 Å². The zero-order valence-corrected chi connectivity index (χ0v) is 15.1. The van der Waals surface area contributed by atoms with Gasteiger partial charge in [-0.1, -0.05) is 13.3 Å². The summed E-state index contributed by atoms with van der Waals surface area (Å²) in [6.07, 6.45) is 3.32. The van der Waals surface area contributed by atoms with Gasteiger partial charge >= 0.3 is 6.03 Å². The highest BCUT2D eigenvalue weighted by Crippen LogP contribution is 2.29. The molecule has 2 heterocycles. The predicted octanol–water partition coefficient (Wildman–Crippen LogP) is 4.06. The van der Waals surface area contributed by atoms with Crippen LogP contribution in [-0.4, -0.2) is 33.8 Å². The van der Waals surface area contributed by atoms with E-state index in [1.807, 2.05) is 6.07 Å². The molecule has 7 heteroatoms. The summed E-state index contributed by atoms with van der Waals surface area (Å²) in [6.45, 7) is 3.04. The first-order valence-corrected chi connectivity index (χ1v) is 9.01. The van der Waals surface area contributed by atoms with E-state index >= 15 is 0 Å². The number of hydrogen-bond acceptors (Lipinski definition) is 2. The smallest absolute Gasteiger partial charge is 0.323 e. The summed E-state index contributed by atoms with van der Waals surface area (Å²) in [5.41, 5.74) is 1.27. The third-order valence-electron chi connectivity index (χ3n) is 4.78. The van der Waals surface area contributed by atoms with E-state index in [4.69, 9.17) is 0 Å². The fraction of sp³-hybridized carbons (Fsp3) is 0.474. The minimum Gasteiger partial charge on any atom is -0.324 e. The zero-order chi connectivity index (χ0) is 18.7. The first kappa shape index (κ1) is 18.4. The Balaban J connectivity index is 1.69. The van der Waals surface area contributed by atoms with Gasteiger partial charge in [-0.05, 0) is 43.0 Å². The fourth-order valence-corrected chi connectivity index (χ4v) is 3.45. The number of aromatic nitrogens is 2. The first-order chi connectivity index (χ1) is 12.5. The van der Waals surface area contributed by atoms with E-state index in [-0.39, 0.29) is 11.9 Å². The van der Waals surface area contributed by atoms with Gasteiger partial charge in [0.2, 0.25) is 0 Å². The van der Waals surface area contributed by atoms with Crippen molar-refractivity contribution in [2.45, 2.75) is 38.5 Å². The molecular formula is C19H24F2N4O. The monoisotopic (exact) mass is 362 g/mol. The zero-order valence-electron chi connectivity index (χ0n) is 15.1. The van der Waals surface area contributed by atoms with Crippen molar-refractivity contribution in [1.82, 2.24) is 14.7 Å². The second kappa shape index (κ2) is 7.85. The summed E-state index contributed by atoms with van der Waals surface area (Å²) in [7, 11) is 1.79. The van der Waals surface area contributed by atoms with Crippen LogP contribution in [0.25, 0.3) is 0 Å². The molecule has 1 saturated heterocycles. The second-order valence-electron chi connectivity index (χ2n) is 6.78. The summed E-state index contributed by atoms with van der Waals surface area (Å²) in [4.78, 5) is 14.3. The summed E-state index contributed by atoms with van der Waals surface area (Å²) >= 11 is 0. The highest BCUT2D eigenvalue weighted by Gasteiger charge is 2.27. The van der Waals surface area contributed by atoms with E-state index in [9.17, 15) is 13.6 Å². The van der Waals surface area contributed by atoms with Gasteiger partial charge in [-0.15, -0.1) is 0 Å². The van der Waals surface area contributed by atoms with Gasteiger partial charge in [-0.2, -0.15) is 5.10 Å². The average molecular weight is 362 g/mol. The minimum atomic E-state index is -0.457. The summed E-state index contributed by atoms with van der Waals surface area (Å²) in [5, 5.41) is 7.25. The number of carbonyl (C=O) groups excluding carboxylic acids is 1. The molecular weight excluding hydrogens is 338 g/mol. The normalized spacial score (nSPS) is 17.4. The molecule has 1 aromatic heterocycles. The minimum absolute atomic E-state index is 0.201. The van der Waals surface area contributed by atoms with Gasteiger partial charge in [0, 0.05) is 32.1 Å². The number of urea groups is 1. The number of likely N-dealkylation sites (tertiary alicyclic amines) is 1. The SMILES string of the molecule is CCCc1cc(NC(=O)N2CCC[C@@H](c3cc(F)ccc3F)C2)n(C)n1. The molecule has 26 heavy (non-hydrogen) atoms. The molecule has 2 aromatic rings. The summed E-state index contributed by atoms with van der Waals surface area (Å²) in [6, 6.07) is 5.13.